The van der Waals surface area contributed by atoms with Crippen molar-refractivity contribution in [2.24, 2.45) is 0 Å². The second kappa shape index (κ2) is 6.37. The topological polar surface area (TPSA) is 34.2 Å². The molecule has 4 heteroatoms. The minimum atomic E-state index is 0.247. The van der Waals surface area contributed by atoms with Crippen molar-refractivity contribution in [1.82, 2.24) is 10.3 Å². The second-order valence-corrected chi connectivity index (χ2v) is 5.92. The van der Waals surface area contributed by atoms with Gasteiger partial charge in [0, 0.05) is 29.8 Å². The highest BCUT2D eigenvalue weighted by Crippen LogP contribution is 2.30. The summed E-state index contributed by atoms with van der Waals surface area (Å²) >= 11 is 3.50. The third-order valence-corrected chi connectivity index (χ3v) is 3.97. The standard InChI is InChI=1S/C16H17BrN2O/c17-14-1-2-16-13(9-14)10-15(20-16)11-19-8-5-12-3-6-18-7-4-12/h1-4,6-7,9,15,19H,5,8,10-11H2. The second-order valence-electron chi connectivity index (χ2n) is 5.01. The number of fused-ring (bicyclic) bond motifs is 1. The van der Waals surface area contributed by atoms with Gasteiger partial charge in [0.1, 0.15) is 11.9 Å². The fourth-order valence-electron chi connectivity index (χ4n) is 2.45. The van der Waals surface area contributed by atoms with E-state index in [-0.39, 0.29) is 6.10 Å². The van der Waals surface area contributed by atoms with Crippen LogP contribution in [0.2, 0.25) is 0 Å². The number of halogens is 1. The number of nitrogens with one attached hydrogen (secondary N) is 1. The van der Waals surface area contributed by atoms with Crippen LogP contribution >= 0.6 is 15.9 Å². The summed E-state index contributed by atoms with van der Waals surface area (Å²) in [6.07, 6.45) is 5.93. The van der Waals surface area contributed by atoms with E-state index >= 15 is 0 Å². The number of pyridine rings is 1. The van der Waals surface area contributed by atoms with Crippen molar-refractivity contribution in [3.05, 3.63) is 58.3 Å². The summed E-state index contributed by atoms with van der Waals surface area (Å²) in [6, 6.07) is 10.3. The number of rotatable bonds is 5. The Morgan fingerprint density at radius 3 is 2.95 bits per heavy atom. The summed E-state index contributed by atoms with van der Waals surface area (Å²) in [7, 11) is 0. The molecular weight excluding hydrogens is 316 g/mol. The first kappa shape index (κ1) is 13.6. The molecule has 0 spiro atoms. The fraction of sp³-hybridized carbons (Fsp3) is 0.312. The number of ether oxygens (including phenoxy) is 1. The summed E-state index contributed by atoms with van der Waals surface area (Å²) < 4.78 is 7.04. The van der Waals surface area contributed by atoms with E-state index in [0.717, 1.165) is 36.2 Å². The van der Waals surface area contributed by atoms with Crippen LogP contribution < -0.4 is 10.1 Å². The van der Waals surface area contributed by atoms with Gasteiger partial charge in [0.25, 0.3) is 0 Å². The number of hydrogen-bond donors (Lipinski definition) is 1. The van der Waals surface area contributed by atoms with E-state index in [0.29, 0.717) is 0 Å². The van der Waals surface area contributed by atoms with Crippen molar-refractivity contribution < 1.29 is 4.74 Å². The Balaban J connectivity index is 1.43. The van der Waals surface area contributed by atoms with E-state index in [1.807, 2.05) is 24.5 Å². The monoisotopic (exact) mass is 332 g/mol. The summed E-state index contributed by atoms with van der Waals surface area (Å²) in [5, 5.41) is 3.47. The molecule has 3 rings (SSSR count). The molecule has 0 bridgehead atoms. The van der Waals surface area contributed by atoms with Gasteiger partial charge in [-0.05, 0) is 54.4 Å². The number of hydrogen-bond acceptors (Lipinski definition) is 3. The molecule has 1 atom stereocenters. The van der Waals surface area contributed by atoms with Gasteiger partial charge in [-0.3, -0.25) is 4.98 Å². The van der Waals surface area contributed by atoms with Crippen LogP contribution in [0, 0.1) is 0 Å². The molecule has 0 fully saturated rings. The first-order chi connectivity index (χ1) is 9.81. The lowest BCUT2D eigenvalue weighted by Gasteiger charge is -2.11. The molecule has 104 valence electrons. The van der Waals surface area contributed by atoms with E-state index < -0.39 is 0 Å². The molecule has 1 unspecified atom stereocenters. The first-order valence-electron chi connectivity index (χ1n) is 6.86. The Morgan fingerprint density at radius 1 is 1.25 bits per heavy atom. The van der Waals surface area contributed by atoms with Crippen LogP contribution in [0.4, 0.5) is 0 Å². The Labute approximate surface area is 127 Å². The molecule has 0 saturated carbocycles. The van der Waals surface area contributed by atoms with Crippen molar-refractivity contribution >= 4 is 15.9 Å². The fourth-order valence-corrected chi connectivity index (χ4v) is 2.86. The molecule has 0 amide bonds. The van der Waals surface area contributed by atoms with Gasteiger partial charge in [0.2, 0.25) is 0 Å². The lowest BCUT2D eigenvalue weighted by atomic mass is 10.1. The third kappa shape index (κ3) is 3.38. The Kier molecular flexibility index (Phi) is 4.33. The highest BCUT2D eigenvalue weighted by atomic mass is 79.9. The van der Waals surface area contributed by atoms with E-state index in [4.69, 9.17) is 4.74 Å². The Hall–Kier alpha value is -1.39. The quantitative estimate of drug-likeness (QED) is 0.855. The molecule has 1 aromatic carbocycles. The largest absolute Gasteiger partial charge is 0.488 e. The van der Waals surface area contributed by atoms with Crippen LogP contribution in [-0.4, -0.2) is 24.2 Å². The summed E-state index contributed by atoms with van der Waals surface area (Å²) in [5.41, 5.74) is 2.60. The van der Waals surface area contributed by atoms with Crippen LogP contribution in [0.15, 0.2) is 47.2 Å². The lowest BCUT2D eigenvalue weighted by Crippen LogP contribution is -2.31. The van der Waals surface area contributed by atoms with Gasteiger partial charge in [0.05, 0.1) is 0 Å². The van der Waals surface area contributed by atoms with Crippen molar-refractivity contribution in [2.45, 2.75) is 18.9 Å². The molecule has 2 heterocycles. The number of benzene rings is 1. The average Bonchev–Trinajstić information content (AvgIpc) is 2.86. The Bertz CT molecular complexity index is 574. The normalized spacial score (nSPS) is 16.8. The molecule has 20 heavy (non-hydrogen) atoms. The minimum absolute atomic E-state index is 0.247. The molecule has 0 aliphatic carbocycles. The predicted molar refractivity (Wildman–Crippen MR) is 83.1 cm³/mol. The van der Waals surface area contributed by atoms with Crippen molar-refractivity contribution in [1.29, 1.82) is 0 Å². The predicted octanol–water partition coefficient (Wildman–Crippen LogP) is 2.98. The number of aromatic nitrogens is 1. The highest BCUT2D eigenvalue weighted by molar-refractivity contribution is 9.10. The molecule has 1 aliphatic rings. The highest BCUT2D eigenvalue weighted by Gasteiger charge is 2.22. The van der Waals surface area contributed by atoms with Crippen LogP contribution in [0.1, 0.15) is 11.1 Å². The molecule has 3 nitrogen and oxygen atoms in total. The third-order valence-electron chi connectivity index (χ3n) is 3.48. The lowest BCUT2D eigenvalue weighted by molar-refractivity contribution is 0.228. The Morgan fingerprint density at radius 2 is 2.10 bits per heavy atom. The van der Waals surface area contributed by atoms with E-state index in [1.165, 1.54) is 11.1 Å². The molecular formula is C16H17BrN2O. The zero-order valence-electron chi connectivity index (χ0n) is 11.2. The van der Waals surface area contributed by atoms with Gasteiger partial charge in [-0.1, -0.05) is 15.9 Å². The van der Waals surface area contributed by atoms with Crippen LogP contribution in [0.5, 0.6) is 5.75 Å². The molecule has 1 N–H and O–H groups in total. The van der Waals surface area contributed by atoms with Crippen molar-refractivity contribution in [2.75, 3.05) is 13.1 Å². The van der Waals surface area contributed by atoms with Gasteiger partial charge in [-0.2, -0.15) is 0 Å². The molecule has 1 aromatic heterocycles. The maximum atomic E-state index is 5.92. The van der Waals surface area contributed by atoms with Crippen LogP contribution in [-0.2, 0) is 12.8 Å². The molecule has 1 aliphatic heterocycles. The molecule has 0 saturated heterocycles. The van der Waals surface area contributed by atoms with Crippen molar-refractivity contribution in [3.63, 3.8) is 0 Å². The molecule has 0 radical (unpaired) electrons. The van der Waals surface area contributed by atoms with E-state index in [9.17, 15) is 0 Å². The van der Waals surface area contributed by atoms with E-state index in [2.05, 4.69) is 44.4 Å². The summed E-state index contributed by atoms with van der Waals surface area (Å²) in [5.74, 6) is 1.02. The van der Waals surface area contributed by atoms with Gasteiger partial charge in [0.15, 0.2) is 0 Å². The zero-order chi connectivity index (χ0) is 13.8. The smallest absolute Gasteiger partial charge is 0.123 e. The van der Waals surface area contributed by atoms with E-state index in [1.54, 1.807) is 0 Å². The van der Waals surface area contributed by atoms with Crippen LogP contribution in [0.25, 0.3) is 0 Å². The average molecular weight is 333 g/mol. The summed E-state index contributed by atoms with van der Waals surface area (Å²) in [4.78, 5) is 4.02. The SMILES string of the molecule is Brc1ccc2c(c1)CC(CNCCc1ccncc1)O2. The minimum Gasteiger partial charge on any atom is -0.488 e. The zero-order valence-corrected chi connectivity index (χ0v) is 12.8. The van der Waals surface area contributed by atoms with Gasteiger partial charge in [-0.25, -0.2) is 0 Å². The van der Waals surface area contributed by atoms with Gasteiger partial charge < -0.3 is 10.1 Å². The van der Waals surface area contributed by atoms with Gasteiger partial charge >= 0.3 is 0 Å². The van der Waals surface area contributed by atoms with Crippen LogP contribution in [0.3, 0.4) is 0 Å². The maximum absolute atomic E-state index is 5.92. The van der Waals surface area contributed by atoms with Gasteiger partial charge in [-0.15, -0.1) is 0 Å². The number of nitrogens with zero attached hydrogens (tertiary/aromatic N) is 1. The summed E-state index contributed by atoms with van der Waals surface area (Å²) in [6.45, 7) is 1.85. The first-order valence-corrected chi connectivity index (χ1v) is 7.65. The molecule has 2 aromatic rings. The maximum Gasteiger partial charge on any atom is 0.123 e. The van der Waals surface area contributed by atoms with Crippen molar-refractivity contribution in [3.8, 4) is 5.75 Å².